The van der Waals surface area contributed by atoms with E-state index in [2.05, 4.69) is 11.9 Å². The molecule has 1 aliphatic heterocycles. The van der Waals surface area contributed by atoms with Crippen LogP contribution >= 0.6 is 0 Å². The van der Waals surface area contributed by atoms with Crippen molar-refractivity contribution in [2.45, 2.75) is 18.4 Å². The molecule has 0 aromatic rings. The molecule has 0 aliphatic carbocycles. The van der Waals surface area contributed by atoms with Crippen molar-refractivity contribution in [2.75, 3.05) is 19.7 Å². The van der Waals surface area contributed by atoms with E-state index in [1.165, 1.54) is 0 Å². The van der Waals surface area contributed by atoms with E-state index < -0.39 is 11.6 Å². The van der Waals surface area contributed by atoms with Gasteiger partial charge in [-0.3, -0.25) is 4.79 Å². The van der Waals surface area contributed by atoms with E-state index >= 15 is 0 Å². The predicted molar refractivity (Wildman–Crippen MR) is 48.6 cm³/mol. The highest BCUT2D eigenvalue weighted by Crippen LogP contribution is 2.21. The number of hydrogen-bond acceptors (Lipinski definition) is 3. The van der Waals surface area contributed by atoms with Crippen LogP contribution in [0.5, 0.6) is 0 Å². The lowest BCUT2D eigenvalue weighted by Gasteiger charge is -2.41. The van der Waals surface area contributed by atoms with Crippen molar-refractivity contribution < 1.29 is 14.6 Å². The Labute approximate surface area is 77.6 Å². The van der Waals surface area contributed by atoms with Gasteiger partial charge in [0.25, 0.3) is 0 Å². The second-order valence-corrected chi connectivity index (χ2v) is 3.28. The molecule has 74 valence electrons. The number of ether oxygens (including phenoxy) is 1. The number of carbonyl (C=O) groups is 1. The summed E-state index contributed by atoms with van der Waals surface area (Å²) < 4.78 is 5.50. The van der Waals surface area contributed by atoms with Gasteiger partial charge in [0, 0.05) is 13.1 Å². The second kappa shape index (κ2) is 4.39. The van der Waals surface area contributed by atoms with Crippen molar-refractivity contribution in [3.05, 3.63) is 12.7 Å². The molecule has 1 fully saturated rings. The molecule has 0 amide bonds. The van der Waals surface area contributed by atoms with Crippen LogP contribution in [0.2, 0.25) is 0 Å². The first-order chi connectivity index (χ1) is 6.18. The topological polar surface area (TPSA) is 58.6 Å². The minimum Gasteiger partial charge on any atom is -0.481 e. The lowest BCUT2D eigenvalue weighted by atomic mass is 9.93. The van der Waals surface area contributed by atoms with Gasteiger partial charge in [-0.2, -0.15) is 0 Å². The molecular weight excluding hydrogens is 170 g/mol. The summed E-state index contributed by atoms with van der Waals surface area (Å²) in [6, 6.07) is 0. The zero-order valence-electron chi connectivity index (χ0n) is 7.58. The second-order valence-electron chi connectivity index (χ2n) is 3.28. The number of hydrogen-bond donors (Lipinski definition) is 2. The largest absolute Gasteiger partial charge is 0.481 e. The van der Waals surface area contributed by atoms with Crippen LogP contribution in [-0.4, -0.2) is 36.4 Å². The highest BCUT2D eigenvalue weighted by Gasteiger charge is 2.39. The van der Waals surface area contributed by atoms with Crippen molar-refractivity contribution in [1.82, 2.24) is 5.32 Å². The average Bonchev–Trinajstić information content (AvgIpc) is 1.99. The molecule has 1 saturated heterocycles. The van der Waals surface area contributed by atoms with Crippen molar-refractivity contribution in [3.8, 4) is 0 Å². The highest BCUT2D eigenvalue weighted by atomic mass is 16.5. The molecule has 0 aromatic carbocycles. The van der Waals surface area contributed by atoms with Gasteiger partial charge in [-0.15, -0.1) is 6.58 Å². The Kier molecular flexibility index (Phi) is 3.45. The van der Waals surface area contributed by atoms with Gasteiger partial charge in [0.2, 0.25) is 0 Å². The van der Waals surface area contributed by atoms with Gasteiger partial charge < -0.3 is 15.2 Å². The Morgan fingerprint density at radius 2 is 2.38 bits per heavy atom. The monoisotopic (exact) mass is 185 g/mol. The summed E-state index contributed by atoms with van der Waals surface area (Å²) in [6.07, 6.45) is 2.61. The standard InChI is InChI=1S/C9H15NO3/c1-2-3-4-13-9(5-8(11)12)6-10-7-9/h2,10H,1,3-7H2,(H,11,12). The van der Waals surface area contributed by atoms with Crippen LogP contribution in [0.3, 0.4) is 0 Å². The fraction of sp³-hybridized carbons (Fsp3) is 0.667. The third-order valence-corrected chi connectivity index (χ3v) is 2.10. The lowest BCUT2D eigenvalue weighted by Crippen LogP contribution is -2.62. The lowest BCUT2D eigenvalue weighted by molar-refractivity contribution is -0.150. The Morgan fingerprint density at radius 3 is 2.77 bits per heavy atom. The summed E-state index contributed by atoms with van der Waals surface area (Å²) in [4.78, 5) is 10.5. The van der Waals surface area contributed by atoms with E-state index in [1.807, 2.05) is 0 Å². The first-order valence-corrected chi connectivity index (χ1v) is 4.36. The molecule has 13 heavy (non-hydrogen) atoms. The number of rotatable bonds is 6. The summed E-state index contributed by atoms with van der Waals surface area (Å²) in [5, 5.41) is 11.7. The Hall–Kier alpha value is -0.870. The quantitative estimate of drug-likeness (QED) is 0.464. The zero-order valence-corrected chi connectivity index (χ0v) is 7.58. The van der Waals surface area contributed by atoms with E-state index in [1.54, 1.807) is 6.08 Å². The average molecular weight is 185 g/mol. The van der Waals surface area contributed by atoms with Crippen molar-refractivity contribution in [3.63, 3.8) is 0 Å². The molecular formula is C9H15NO3. The Balaban J connectivity index is 2.31. The normalized spacial score (nSPS) is 19.1. The molecule has 0 atom stereocenters. The molecule has 2 N–H and O–H groups in total. The predicted octanol–water partition coefficient (Wildman–Crippen LogP) is 0.396. The number of aliphatic carboxylic acids is 1. The van der Waals surface area contributed by atoms with Crippen LogP contribution < -0.4 is 5.32 Å². The highest BCUT2D eigenvalue weighted by molar-refractivity contribution is 5.68. The number of carboxylic acid groups (broad SMARTS) is 1. The van der Waals surface area contributed by atoms with E-state index in [-0.39, 0.29) is 6.42 Å². The van der Waals surface area contributed by atoms with Crippen LogP contribution in [0.4, 0.5) is 0 Å². The molecule has 0 bridgehead atoms. The van der Waals surface area contributed by atoms with Gasteiger partial charge in [-0.05, 0) is 6.42 Å². The third-order valence-electron chi connectivity index (χ3n) is 2.10. The summed E-state index contributed by atoms with van der Waals surface area (Å²) in [6.45, 7) is 5.40. The maximum absolute atomic E-state index is 10.5. The molecule has 4 heteroatoms. The molecule has 4 nitrogen and oxygen atoms in total. The van der Waals surface area contributed by atoms with Gasteiger partial charge in [-0.1, -0.05) is 6.08 Å². The van der Waals surface area contributed by atoms with Gasteiger partial charge in [0.15, 0.2) is 0 Å². The number of nitrogens with one attached hydrogen (secondary N) is 1. The smallest absolute Gasteiger partial charge is 0.306 e. The minimum atomic E-state index is -0.805. The molecule has 0 radical (unpaired) electrons. The maximum Gasteiger partial charge on any atom is 0.306 e. The fourth-order valence-corrected chi connectivity index (χ4v) is 1.32. The SMILES string of the molecule is C=CCCOC1(CC(=O)O)CNC1. The van der Waals surface area contributed by atoms with Crippen molar-refractivity contribution in [2.24, 2.45) is 0 Å². The number of carboxylic acids is 1. The van der Waals surface area contributed by atoms with E-state index in [4.69, 9.17) is 9.84 Å². The molecule has 1 aliphatic rings. The van der Waals surface area contributed by atoms with Crippen LogP contribution in [-0.2, 0) is 9.53 Å². The van der Waals surface area contributed by atoms with Crippen LogP contribution in [0.1, 0.15) is 12.8 Å². The van der Waals surface area contributed by atoms with Gasteiger partial charge in [-0.25, -0.2) is 0 Å². The summed E-state index contributed by atoms with van der Waals surface area (Å²) in [5.41, 5.74) is -0.463. The third kappa shape index (κ3) is 2.82. The van der Waals surface area contributed by atoms with Crippen molar-refractivity contribution >= 4 is 5.97 Å². The summed E-state index contributed by atoms with van der Waals surface area (Å²) >= 11 is 0. The van der Waals surface area contributed by atoms with Gasteiger partial charge in [0.1, 0.15) is 5.60 Å². The van der Waals surface area contributed by atoms with E-state index in [0.29, 0.717) is 19.7 Å². The van der Waals surface area contributed by atoms with E-state index in [0.717, 1.165) is 6.42 Å². The molecule has 0 saturated carbocycles. The molecule has 0 aromatic heterocycles. The summed E-state index contributed by atoms with van der Waals surface area (Å²) in [5.74, 6) is -0.805. The Morgan fingerprint density at radius 1 is 1.69 bits per heavy atom. The molecule has 1 heterocycles. The van der Waals surface area contributed by atoms with Crippen LogP contribution in [0, 0.1) is 0 Å². The first-order valence-electron chi connectivity index (χ1n) is 4.36. The zero-order chi connectivity index (χ0) is 9.73. The minimum absolute atomic E-state index is 0.0805. The molecule has 0 spiro atoms. The van der Waals surface area contributed by atoms with Gasteiger partial charge >= 0.3 is 5.97 Å². The van der Waals surface area contributed by atoms with E-state index in [9.17, 15) is 4.79 Å². The van der Waals surface area contributed by atoms with Crippen LogP contribution in [0.25, 0.3) is 0 Å². The van der Waals surface area contributed by atoms with Crippen LogP contribution in [0.15, 0.2) is 12.7 Å². The summed E-state index contributed by atoms with van der Waals surface area (Å²) in [7, 11) is 0. The molecule has 1 rings (SSSR count). The fourth-order valence-electron chi connectivity index (χ4n) is 1.32. The maximum atomic E-state index is 10.5. The Bertz CT molecular complexity index is 199. The first kappa shape index (κ1) is 10.2. The van der Waals surface area contributed by atoms with Gasteiger partial charge in [0.05, 0.1) is 13.0 Å². The van der Waals surface area contributed by atoms with Crippen molar-refractivity contribution in [1.29, 1.82) is 0 Å². The molecule has 0 unspecified atom stereocenters.